The molecule has 4 aliphatic heterocycles. The van der Waals surface area contributed by atoms with Gasteiger partial charge < -0.3 is 71.1 Å². The van der Waals surface area contributed by atoms with Crippen LogP contribution in [0.5, 0.6) is 5.75 Å². The quantitative estimate of drug-likeness (QED) is 0.0203. The van der Waals surface area contributed by atoms with Gasteiger partial charge in [-0.1, -0.05) is 226 Å². The van der Waals surface area contributed by atoms with Gasteiger partial charge in [-0.15, -0.1) is 11.8 Å². The molecule has 0 aliphatic carbocycles. The Bertz CT molecular complexity index is 4020. The Morgan fingerprint density at radius 2 is 0.776 bits per heavy atom. The summed E-state index contributed by atoms with van der Waals surface area (Å²) in [6, 6.07) is 71.8. The number of nitrogens with zero attached hydrogens (tertiary/aromatic N) is 1. The maximum atomic E-state index is 15.4. The van der Waals surface area contributed by atoms with E-state index < -0.39 is 130 Å². The van der Waals surface area contributed by atoms with Crippen LogP contribution >= 0.6 is 11.8 Å². The molecule has 22 heteroatoms. The highest BCUT2D eigenvalue weighted by molar-refractivity contribution is 7.99. The summed E-state index contributed by atoms with van der Waals surface area (Å²) >= 11 is 1.69. The van der Waals surface area contributed by atoms with Gasteiger partial charge in [0.1, 0.15) is 84.9 Å². The van der Waals surface area contributed by atoms with Crippen molar-refractivity contribution in [2.24, 2.45) is 0 Å². The van der Waals surface area contributed by atoms with Crippen LogP contribution in [0.1, 0.15) is 73.5 Å². The second-order valence-corrected chi connectivity index (χ2v) is 34.9. The molecule has 20 nitrogen and oxygen atoms in total. The summed E-state index contributed by atoms with van der Waals surface area (Å²) in [4.78, 5) is 58.4. The van der Waals surface area contributed by atoms with Gasteiger partial charge in [-0.2, -0.15) is 0 Å². The highest BCUT2D eigenvalue weighted by Crippen LogP contribution is 2.43. The fraction of sp³-hybridized carbons (Fsp3) is 0.388. The highest BCUT2D eigenvalue weighted by Gasteiger charge is 2.60. The van der Waals surface area contributed by atoms with E-state index in [-0.39, 0.29) is 70.6 Å². The molecule has 0 spiro atoms. The van der Waals surface area contributed by atoms with Crippen molar-refractivity contribution in [1.82, 2.24) is 4.90 Å². The Balaban J connectivity index is 1.02. The van der Waals surface area contributed by atoms with Gasteiger partial charge in [-0.25, -0.2) is 0 Å². The number of benzene rings is 8. The molecule has 8 aromatic rings. The van der Waals surface area contributed by atoms with Crippen molar-refractivity contribution >= 4 is 43.6 Å². The molecule has 8 aromatic carbocycles. The van der Waals surface area contributed by atoms with Crippen LogP contribution in [0.2, 0.25) is 25.7 Å². The zero-order chi connectivity index (χ0) is 74.5. The van der Waals surface area contributed by atoms with Crippen molar-refractivity contribution in [2.75, 3.05) is 32.7 Å². The largest absolute Gasteiger partial charge is 0.497 e. The van der Waals surface area contributed by atoms with Crippen LogP contribution in [0.15, 0.2) is 231 Å². The third-order valence-corrected chi connectivity index (χ3v) is 22.2. The third kappa shape index (κ3) is 21.6. The number of rotatable bonds is 36. The molecule has 0 bridgehead atoms. The fourth-order valence-corrected chi connectivity index (χ4v) is 17.2. The van der Waals surface area contributed by atoms with Gasteiger partial charge in [0.05, 0.1) is 77.7 Å². The van der Waals surface area contributed by atoms with Crippen molar-refractivity contribution in [1.29, 1.82) is 0 Å². The average molecular weight is 1490 g/mol. The number of carbonyl (C=O) groups is 4. The summed E-state index contributed by atoms with van der Waals surface area (Å²) in [6.07, 6.45) is -16.1. The van der Waals surface area contributed by atoms with Crippen LogP contribution in [0, 0.1) is 0 Å². The summed E-state index contributed by atoms with van der Waals surface area (Å²) in [5, 5.41) is 0. The van der Waals surface area contributed by atoms with Crippen molar-refractivity contribution in [3.8, 4) is 5.75 Å². The van der Waals surface area contributed by atoms with Crippen molar-refractivity contribution in [3.63, 3.8) is 0 Å². The van der Waals surface area contributed by atoms with E-state index >= 15 is 9.59 Å². The minimum atomic E-state index is -1.74. The lowest BCUT2D eigenvalue weighted by molar-refractivity contribution is -0.379. The minimum absolute atomic E-state index is 0.00740. The minimum Gasteiger partial charge on any atom is -0.497 e. The number of fused-ring (bicyclic) bond motifs is 1. The first-order chi connectivity index (χ1) is 52.1. The van der Waals surface area contributed by atoms with Crippen LogP contribution in [0.4, 0.5) is 0 Å². The molecule has 15 atom stereocenters. The van der Waals surface area contributed by atoms with Crippen LogP contribution < -0.4 is 4.74 Å². The molecule has 4 aliphatic rings. The molecule has 0 saturated carbocycles. The van der Waals surface area contributed by atoms with Gasteiger partial charge in [0.15, 0.2) is 18.7 Å². The molecule has 3 fully saturated rings. The molecule has 0 radical (unpaired) electrons. The van der Waals surface area contributed by atoms with E-state index in [0.29, 0.717) is 11.3 Å². The van der Waals surface area contributed by atoms with Gasteiger partial charge in [-0.05, 0) is 75.0 Å². The SMILES string of the molecule is COc1ccc(CO[C@H]2[C@@H](OC(C)=O)[C@@H](COC(C)=O)O[C@@H](O[C@@H]3[C@H](OCc4ccccc4)[C@@H](OCc4ccccc4)[C@H](O[C@H]4[C@H](OCc5ccccc5)[C@@H](OCc5ccccc5)[C@H](SCC[Si](C)(C)C)O[C@@H]4COCc4ccccc4)O[C@@H]3COCc3ccccc3)[C@@H]2N2C(=O)c3ccccc3C2=O)cc1. The van der Waals surface area contributed by atoms with E-state index in [1.165, 1.54) is 13.8 Å². The maximum absolute atomic E-state index is 15.4. The lowest BCUT2D eigenvalue weighted by Crippen LogP contribution is -2.70. The Morgan fingerprint density at radius 3 is 1.21 bits per heavy atom. The van der Waals surface area contributed by atoms with Crippen molar-refractivity contribution in [2.45, 2.75) is 177 Å². The summed E-state index contributed by atoms with van der Waals surface area (Å²) in [6.45, 7) is 9.41. The Labute approximate surface area is 631 Å². The third-order valence-electron chi connectivity index (χ3n) is 18.9. The maximum Gasteiger partial charge on any atom is 0.303 e. The molecule has 4 heterocycles. The van der Waals surface area contributed by atoms with Crippen LogP contribution in [-0.2, 0) is 122 Å². The molecule has 12 rings (SSSR count). The van der Waals surface area contributed by atoms with Gasteiger partial charge in [0.25, 0.3) is 11.8 Å². The van der Waals surface area contributed by atoms with Crippen molar-refractivity contribution in [3.05, 3.63) is 281 Å². The van der Waals surface area contributed by atoms with E-state index in [4.69, 9.17) is 71.1 Å². The number of hydrogen-bond acceptors (Lipinski definition) is 20. The van der Waals surface area contributed by atoms with E-state index in [9.17, 15) is 9.59 Å². The Kier molecular flexibility index (Phi) is 28.3. The normalized spacial score (nSPS) is 25.1. The summed E-state index contributed by atoms with van der Waals surface area (Å²) < 4.78 is 105. The van der Waals surface area contributed by atoms with E-state index in [2.05, 4.69) is 19.6 Å². The number of thioether (sulfide) groups is 1. The number of amides is 2. The number of carbonyl (C=O) groups excluding carboxylic acids is 4. The van der Waals surface area contributed by atoms with Crippen molar-refractivity contribution < 1.29 is 90.2 Å². The zero-order valence-corrected chi connectivity index (χ0v) is 63.0. The molecular weight excluding hydrogens is 1400 g/mol. The predicted molar refractivity (Wildman–Crippen MR) is 403 cm³/mol. The fourth-order valence-electron chi connectivity index (χ4n) is 13.4. The highest BCUT2D eigenvalue weighted by atomic mass is 32.2. The number of ether oxygens (including phenoxy) is 15. The lowest BCUT2D eigenvalue weighted by Gasteiger charge is -2.52. The second-order valence-electron chi connectivity index (χ2n) is 28.1. The standard InChI is InChI=1S/C85H95NO19SSi/c1-57(87)94-56-71-73(100-58(2)88)76(95-53-65-41-43-66(91-3)44-42-65)72(86-81(89)67-39-25-26-40-68(67)82(86)90)83(101-71)104-74-69(54-92-47-59-27-13-7-14-28-59)102-84(79(98-51-63-35-21-11-22-36-63)77(74)96-49-61-31-17-9-18-32-61)105-75-70(55-93-48-60-29-15-8-16-30-60)103-85(106-45-46-107(4,5)6)80(99-52-64-37-23-12-24-38-64)78(75)97-50-62-33-19-10-20-34-62/h7-44,69-80,83-85H,45-56H2,1-6H3/t69-,70-,71-,72-,73+,74+,75-,76-,77+,78+,79-,80-,83+,84+,85+/m1/s1. The summed E-state index contributed by atoms with van der Waals surface area (Å²) in [5.74, 6) is -1.46. The number of methoxy groups -OCH3 is 1. The topological polar surface area (TPSA) is 210 Å². The summed E-state index contributed by atoms with van der Waals surface area (Å²) in [5.41, 5.74) is 5.52. The molecule has 564 valence electrons. The van der Waals surface area contributed by atoms with E-state index in [0.717, 1.165) is 50.1 Å². The molecular formula is C85H95NO19SSi. The van der Waals surface area contributed by atoms with Gasteiger partial charge in [0, 0.05) is 21.9 Å². The van der Waals surface area contributed by atoms with Gasteiger partial charge in [0.2, 0.25) is 0 Å². The van der Waals surface area contributed by atoms with Gasteiger partial charge >= 0.3 is 11.9 Å². The average Bonchev–Trinajstić information content (AvgIpc) is 1.70. The smallest absolute Gasteiger partial charge is 0.303 e. The Morgan fingerprint density at radius 1 is 0.402 bits per heavy atom. The first-order valence-electron chi connectivity index (χ1n) is 36.4. The lowest BCUT2D eigenvalue weighted by atomic mass is 9.93. The molecule has 0 N–H and O–H groups in total. The van der Waals surface area contributed by atoms with Crippen LogP contribution in [0.25, 0.3) is 0 Å². The van der Waals surface area contributed by atoms with E-state index in [1.807, 2.05) is 182 Å². The number of esters is 2. The van der Waals surface area contributed by atoms with Crippen LogP contribution in [0.3, 0.4) is 0 Å². The first-order valence-corrected chi connectivity index (χ1v) is 41.1. The molecule has 0 aromatic heterocycles. The molecule has 107 heavy (non-hydrogen) atoms. The van der Waals surface area contributed by atoms with E-state index in [1.54, 1.807) is 67.4 Å². The zero-order valence-electron chi connectivity index (χ0n) is 61.2. The predicted octanol–water partition coefficient (Wildman–Crippen LogP) is 13.5. The molecule has 0 unspecified atom stereocenters. The monoisotopic (exact) mass is 1490 g/mol. The summed E-state index contributed by atoms with van der Waals surface area (Å²) in [7, 11) is -0.0257. The Hall–Kier alpha value is -8.27. The molecule has 2 amide bonds. The van der Waals surface area contributed by atoms with Crippen LogP contribution in [-0.4, -0.2) is 161 Å². The number of imide groups is 1. The number of hydrogen-bond donors (Lipinski definition) is 0. The second kappa shape index (κ2) is 38.7. The van der Waals surface area contributed by atoms with Gasteiger partial charge in [-0.3, -0.25) is 24.1 Å². The molecule has 3 saturated heterocycles. The first kappa shape index (κ1) is 78.3.